The molecular weight excluding hydrogens is 470 g/mol. The van der Waals surface area contributed by atoms with Gasteiger partial charge in [0.25, 0.3) is 5.56 Å². The van der Waals surface area contributed by atoms with Crippen LogP contribution in [0.15, 0.2) is 44.7 Å². The average Bonchev–Trinajstić information content (AvgIpc) is 2.75. The van der Waals surface area contributed by atoms with E-state index in [2.05, 4.69) is 21.0 Å². The van der Waals surface area contributed by atoms with Crippen LogP contribution in [0.25, 0.3) is 10.9 Å². The van der Waals surface area contributed by atoms with Crippen LogP contribution < -0.4 is 10.3 Å². The lowest BCUT2D eigenvalue weighted by Crippen LogP contribution is -2.25. The van der Waals surface area contributed by atoms with Crippen LogP contribution in [0, 0.1) is 0 Å². The van der Waals surface area contributed by atoms with Crippen LogP contribution in [0.5, 0.6) is 11.5 Å². The second-order valence-electron chi connectivity index (χ2n) is 7.37. The summed E-state index contributed by atoms with van der Waals surface area (Å²) in [6.07, 6.45) is 6.77. The van der Waals surface area contributed by atoms with Gasteiger partial charge in [0.05, 0.1) is 24.2 Å². The first-order chi connectivity index (χ1) is 14.5. The average molecular weight is 491 g/mol. The number of benzene rings is 2. The summed E-state index contributed by atoms with van der Waals surface area (Å²) in [6, 6.07) is 8.56. The summed E-state index contributed by atoms with van der Waals surface area (Å²) in [5.74, 6) is 0.970. The van der Waals surface area contributed by atoms with Crippen molar-refractivity contribution >= 4 is 44.6 Å². The van der Waals surface area contributed by atoms with Crippen molar-refractivity contribution in [1.29, 1.82) is 0 Å². The Morgan fingerprint density at radius 3 is 2.77 bits per heavy atom. The van der Waals surface area contributed by atoms with Crippen molar-refractivity contribution in [3.05, 3.63) is 61.6 Å². The molecule has 3 aromatic rings. The highest BCUT2D eigenvalue weighted by molar-refractivity contribution is 9.10. The summed E-state index contributed by atoms with van der Waals surface area (Å²) in [5, 5.41) is 15.7. The third-order valence-electron chi connectivity index (χ3n) is 5.41. The molecule has 0 aliphatic heterocycles. The van der Waals surface area contributed by atoms with E-state index in [1.54, 1.807) is 12.1 Å². The van der Waals surface area contributed by atoms with E-state index in [1.807, 2.05) is 12.1 Å². The van der Waals surface area contributed by atoms with E-state index >= 15 is 0 Å². The minimum absolute atomic E-state index is 0.0885. The van der Waals surface area contributed by atoms with Gasteiger partial charge in [0.15, 0.2) is 11.5 Å². The molecule has 156 valence electrons. The van der Waals surface area contributed by atoms with E-state index < -0.39 is 0 Å². The maximum Gasteiger partial charge on any atom is 0.282 e. The van der Waals surface area contributed by atoms with Crippen molar-refractivity contribution in [3.63, 3.8) is 0 Å². The van der Waals surface area contributed by atoms with Crippen molar-refractivity contribution in [2.24, 2.45) is 5.10 Å². The fourth-order valence-corrected chi connectivity index (χ4v) is 4.45. The molecule has 1 fully saturated rings. The predicted octanol–water partition coefficient (Wildman–Crippen LogP) is 5.46. The lowest BCUT2D eigenvalue weighted by molar-refractivity contribution is 0.373. The van der Waals surface area contributed by atoms with Gasteiger partial charge in [-0.25, -0.2) is 4.98 Å². The number of ether oxygens (including phenoxy) is 1. The predicted molar refractivity (Wildman–Crippen MR) is 122 cm³/mol. The molecular formula is C22H21BrClN3O3. The molecule has 1 saturated carbocycles. The Morgan fingerprint density at radius 1 is 1.27 bits per heavy atom. The normalized spacial score (nSPS) is 15.2. The van der Waals surface area contributed by atoms with Gasteiger partial charge < -0.3 is 9.84 Å². The zero-order valence-electron chi connectivity index (χ0n) is 16.4. The lowest BCUT2D eigenvalue weighted by Gasteiger charge is -2.22. The maximum absolute atomic E-state index is 13.3. The van der Waals surface area contributed by atoms with Gasteiger partial charge >= 0.3 is 0 Å². The fraction of sp³-hybridized carbons (Fsp3) is 0.318. The summed E-state index contributed by atoms with van der Waals surface area (Å²) >= 11 is 9.54. The van der Waals surface area contributed by atoms with Gasteiger partial charge in [-0.3, -0.25) is 4.79 Å². The van der Waals surface area contributed by atoms with Gasteiger partial charge in [0, 0.05) is 27.0 Å². The topological polar surface area (TPSA) is 76.7 Å². The lowest BCUT2D eigenvalue weighted by atomic mass is 9.88. The minimum atomic E-state index is -0.244. The molecule has 1 N–H and O–H groups in total. The first-order valence-corrected chi connectivity index (χ1v) is 11.0. The van der Waals surface area contributed by atoms with Gasteiger partial charge in [0.1, 0.15) is 5.82 Å². The van der Waals surface area contributed by atoms with Crippen molar-refractivity contribution in [3.8, 4) is 11.5 Å². The van der Waals surface area contributed by atoms with E-state index in [1.165, 1.54) is 30.5 Å². The Labute approximate surface area is 187 Å². The summed E-state index contributed by atoms with van der Waals surface area (Å²) in [6.45, 7) is 0. The first-order valence-electron chi connectivity index (χ1n) is 9.81. The molecule has 0 amide bonds. The molecule has 0 saturated heterocycles. The molecule has 0 atom stereocenters. The molecule has 1 aliphatic carbocycles. The van der Waals surface area contributed by atoms with E-state index in [-0.39, 0.29) is 23.0 Å². The second-order valence-corrected chi connectivity index (χ2v) is 8.73. The van der Waals surface area contributed by atoms with Crippen LogP contribution >= 0.6 is 27.5 Å². The SMILES string of the molecule is COc1cc(Cl)cc(C=Nn2c(C3CCCCC3)nc3ccc(Br)cc3c2=O)c1O. The Kier molecular flexibility index (Phi) is 6.11. The number of hydrogen-bond acceptors (Lipinski definition) is 5. The summed E-state index contributed by atoms with van der Waals surface area (Å²) < 4.78 is 7.31. The highest BCUT2D eigenvalue weighted by Crippen LogP contribution is 2.34. The van der Waals surface area contributed by atoms with Crippen LogP contribution in [-0.4, -0.2) is 28.1 Å². The van der Waals surface area contributed by atoms with Gasteiger partial charge in [-0.05, 0) is 37.1 Å². The molecule has 0 radical (unpaired) electrons. The highest BCUT2D eigenvalue weighted by atomic mass is 79.9. The van der Waals surface area contributed by atoms with Crippen LogP contribution in [0.2, 0.25) is 5.02 Å². The molecule has 1 aliphatic rings. The molecule has 8 heteroatoms. The van der Waals surface area contributed by atoms with E-state index in [9.17, 15) is 9.90 Å². The third-order valence-corrected chi connectivity index (χ3v) is 6.12. The van der Waals surface area contributed by atoms with Gasteiger partial charge in [0.2, 0.25) is 0 Å². The Morgan fingerprint density at radius 2 is 2.03 bits per heavy atom. The Hall–Kier alpha value is -2.38. The second kappa shape index (κ2) is 8.78. The number of aromatic hydroxyl groups is 1. The largest absolute Gasteiger partial charge is 0.504 e. The highest BCUT2D eigenvalue weighted by Gasteiger charge is 2.22. The molecule has 0 bridgehead atoms. The zero-order chi connectivity index (χ0) is 21.3. The quantitative estimate of drug-likeness (QED) is 0.493. The van der Waals surface area contributed by atoms with Crippen molar-refractivity contribution in [2.75, 3.05) is 7.11 Å². The number of hydrogen-bond donors (Lipinski definition) is 1. The number of halogens is 2. The van der Waals surface area contributed by atoms with Gasteiger partial charge in [-0.1, -0.05) is 46.8 Å². The van der Waals surface area contributed by atoms with Crippen LogP contribution in [0.3, 0.4) is 0 Å². The fourth-order valence-electron chi connectivity index (χ4n) is 3.87. The molecule has 1 aromatic heterocycles. The molecule has 2 aromatic carbocycles. The summed E-state index contributed by atoms with van der Waals surface area (Å²) in [5.41, 5.74) is 0.768. The standard InChI is InChI=1S/C22H21BrClN3O3/c1-30-19-11-16(24)9-14(20(19)28)12-25-27-21(13-5-3-2-4-6-13)26-18-8-7-15(23)10-17(18)22(27)29/h7-13,28H,2-6H2,1H3. The first kappa shape index (κ1) is 20.9. The van der Waals surface area contributed by atoms with Crippen molar-refractivity contribution < 1.29 is 9.84 Å². The number of fused-ring (bicyclic) bond motifs is 1. The number of phenolic OH excluding ortho intramolecular Hbond substituents is 1. The van der Waals surface area contributed by atoms with Gasteiger partial charge in [-0.15, -0.1) is 0 Å². The monoisotopic (exact) mass is 489 g/mol. The minimum Gasteiger partial charge on any atom is -0.504 e. The molecule has 30 heavy (non-hydrogen) atoms. The number of nitrogens with zero attached hydrogens (tertiary/aromatic N) is 3. The third kappa shape index (κ3) is 4.09. The van der Waals surface area contributed by atoms with Crippen LogP contribution in [0.1, 0.15) is 49.4 Å². The Bertz CT molecular complexity index is 1190. The molecule has 1 heterocycles. The number of rotatable bonds is 4. The smallest absolute Gasteiger partial charge is 0.282 e. The summed E-state index contributed by atoms with van der Waals surface area (Å²) in [4.78, 5) is 18.1. The Balaban J connectivity index is 1.88. The van der Waals surface area contributed by atoms with E-state index in [0.29, 0.717) is 27.3 Å². The van der Waals surface area contributed by atoms with E-state index in [4.69, 9.17) is 21.3 Å². The van der Waals surface area contributed by atoms with Crippen molar-refractivity contribution in [2.45, 2.75) is 38.0 Å². The molecule has 0 unspecified atom stereocenters. The number of aromatic nitrogens is 2. The molecule has 4 rings (SSSR count). The molecule has 6 nitrogen and oxygen atoms in total. The maximum atomic E-state index is 13.3. The van der Waals surface area contributed by atoms with E-state index in [0.717, 1.165) is 30.2 Å². The molecule has 0 spiro atoms. The van der Waals surface area contributed by atoms with Crippen LogP contribution in [0.4, 0.5) is 0 Å². The zero-order valence-corrected chi connectivity index (χ0v) is 18.8. The van der Waals surface area contributed by atoms with Crippen molar-refractivity contribution in [1.82, 2.24) is 9.66 Å². The van der Waals surface area contributed by atoms with Crippen LogP contribution in [-0.2, 0) is 0 Å². The number of methoxy groups -OCH3 is 1. The number of phenols is 1. The van der Waals surface area contributed by atoms with Gasteiger partial charge in [-0.2, -0.15) is 9.78 Å². The summed E-state index contributed by atoms with van der Waals surface area (Å²) in [7, 11) is 1.45.